The van der Waals surface area contributed by atoms with Crippen molar-refractivity contribution in [2.45, 2.75) is 46.1 Å². The highest BCUT2D eigenvalue weighted by molar-refractivity contribution is 5.94. The summed E-state index contributed by atoms with van der Waals surface area (Å²) in [5.41, 5.74) is 4.23. The number of nitrogens with zero attached hydrogens (tertiary/aromatic N) is 5. The van der Waals surface area contributed by atoms with E-state index in [0.29, 0.717) is 24.8 Å². The summed E-state index contributed by atoms with van der Waals surface area (Å²) in [5.74, 6) is 1.75. The first-order valence-electron chi connectivity index (χ1n) is 12.3. The van der Waals surface area contributed by atoms with Crippen LogP contribution in [0.3, 0.4) is 0 Å². The fourth-order valence-corrected chi connectivity index (χ4v) is 5.15. The van der Waals surface area contributed by atoms with Crippen LogP contribution in [-0.4, -0.2) is 58.9 Å². The third-order valence-corrected chi connectivity index (χ3v) is 7.11. The van der Waals surface area contributed by atoms with E-state index in [9.17, 15) is 4.79 Å². The van der Waals surface area contributed by atoms with Gasteiger partial charge in [0.2, 0.25) is 11.8 Å². The Labute approximate surface area is 200 Å². The number of hydrogen-bond acceptors (Lipinski definition) is 7. The van der Waals surface area contributed by atoms with Gasteiger partial charge < -0.3 is 18.9 Å². The minimum absolute atomic E-state index is 0.0381. The molecule has 0 radical (unpaired) electrons. The van der Waals surface area contributed by atoms with Crippen molar-refractivity contribution in [3.05, 3.63) is 35.7 Å². The monoisotopic (exact) mass is 463 g/mol. The van der Waals surface area contributed by atoms with E-state index in [2.05, 4.69) is 40.4 Å². The van der Waals surface area contributed by atoms with Gasteiger partial charge in [0.15, 0.2) is 5.65 Å². The molecule has 2 aromatic heterocycles. The molecule has 3 heterocycles. The Bertz CT molecular complexity index is 1180. The van der Waals surface area contributed by atoms with Gasteiger partial charge in [-0.2, -0.15) is 4.98 Å². The highest BCUT2D eigenvalue weighted by Crippen LogP contribution is 2.35. The number of aryl methyl sites for hydroxylation is 1. The summed E-state index contributed by atoms with van der Waals surface area (Å²) in [7, 11) is 1.35. The Morgan fingerprint density at radius 1 is 1.12 bits per heavy atom. The number of morpholine rings is 1. The molecule has 8 heteroatoms. The maximum Gasteiger partial charge on any atom is 0.376 e. The number of rotatable bonds is 5. The zero-order chi connectivity index (χ0) is 23.7. The van der Waals surface area contributed by atoms with Gasteiger partial charge in [-0.25, -0.2) is 14.8 Å². The van der Waals surface area contributed by atoms with E-state index < -0.39 is 5.97 Å². The molecule has 180 valence electrons. The van der Waals surface area contributed by atoms with Gasteiger partial charge in [-0.15, -0.1) is 0 Å². The number of benzene rings is 1. The summed E-state index contributed by atoms with van der Waals surface area (Å²) in [6.45, 7) is 8.19. The average Bonchev–Trinajstić information content (AvgIpc) is 3.23. The van der Waals surface area contributed by atoms with Gasteiger partial charge in [0.05, 0.1) is 20.3 Å². The second kappa shape index (κ2) is 9.70. The van der Waals surface area contributed by atoms with Crippen LogP contribution >= 0.6 is 0 Å². The van der Waals surface area contributed by atoms with Crippen LogP contribution in [0.15, 0.2) is 24.3 Å². The Balaban J connectivity index is 1.70. The lowest BCUT2D eigenvalue weighted by atomic mass is 9.83. The average molecular weight is 464 g/mol. The van der Waals surface area contributed by atoms with Crippen molar-refractivity contribution in [3.63, 3.8) is 0 Å². The van der Waals surface area contributed by atoms with E-state index in [0.717, 1.165) is 53.8 Å². The maximum atomic E-state index is 12.4. The number of fused-ring (bicyclic) bond motifs is 1. The number of esters is 1. The minimum atomic E-state index is -0.556. The molecule has 0 unspecified atom stereocenters. The zero-order valence-corrected chi connectivity index (χ0v) is 20.3. The van der Waals surface area contributed by atoms with Crippen LogP contribution in [-0.2, 0) is 16.0 Å². The molecule has 1 aliphatic heterocycles. The van der Waals surface area contributed by atoms with E-state index in [-0.39, 0.29) is 5.82 Å². The maximum absolute atomic E-state index is 12.4. The van der Waals surface area contributed by atoms with Gasteiger partial charge >= 0.3 is 5.97 Å². The number of hydrogen-bond donors (Lipinski definition) is 0. The Hall–Kier alpha value is -3.00. The van der Waals surface area contributed by atoms with Crippen LogP contribution in [0.5, 0.6) is 0 Å². The van der Waals surface area contributed by atoms with Crippen LogP contribution in [0.25, 0.3) is 22.4 Å². The summed E-state index contributed by atoms with van der Waals surface area (Å²) >= 11 is 0. The quantitative estimate of drug-likeness (QED) is 0.523. The van der Waals surface area contributed by atoms with Crippen molar-refractivity contribution in [1.29, 1.82) is 0 Å². The van der Waals surface area contributed by atoms with E-state index in [1.54, 1.807) is 0 Å². The molecule has 3 aromatic rings. The van der Waals surface area contributed by atoms with Crippen molar-refractivity contribution in [2.75, 3.05) is 38.3 Å². The zero-order valence-electron chi connectivity index (χ0n) is 20.3. The van der Waals surface area contributed by atoms with Gasteiger partial charge in [-0.1, -0.05) is 43.5 Å². The van der Waals surface area contributed by atoms with Gasteiger partial charge in [0.1, 0.15) is 11.2 Å². The summed E-state index contributed by atoms with van der Waals surface area (Å²) in [6, 6.07) is 8.20. The molecule has 34 heavy (non-hydrogen) atoms. The summed E-state index contributed by atoms with van der Waals surface area (Å²) in [4.78, 5) is 29.0. The van der Waals surface area contributed by atoms with Crippen molar-refractivity contribution >= 4 is 23.1 Å². The minimum Gasteiger partial charge on any atom is -0.463 e. The smallest absolute Gasteiger partial charge is 0.376 e. The molecule has 1 saturated carbocycles. The molecule has 1 saturated heterocycles. The first kappa shape index (κ1) is 22.8. The molecular formula is C26H33N5O3. The second-order valence-electron chi connectivity index (χ2n) is 9.68. The number of carbonyl (C=O) groups is 1. The highest BCUT2D eigenvalue weighted by Gasteiger charge is 2.28. The SMILES string of the molecule is COC(=O)c1nc(-c2cccc(C)c2)c2c(n1)nc(N1CCOCC1)n2CC1CCC(C)CC1. The van der Waals surface area contributed by atoms with Crippen LogP contribution in [0.1, 0.15) is 48.8 Å². The van der Waals surface area contributed by atoms with Crippen LogP contribution in [0, 0.1) is 18.8 Å². The van der Waals surface area contributed by atoms with E-state index in [1.807, 2.05) is 12.1 Å². The first-order valence-corrected chi connectivity index (χ1v) is 12.3. The Morgan fingerprint density at radius 3 is 2.59 bits per heavy atom. The van der Waals surface area contributed by atoms with E-state index >= 15 is 0 Å². The molecule has 8 nitrogen and oxygen atoms in total. The van der Waals surface area contributed by atoms with Crippen LogP contribution in [0.4, 0.5) is 5.95 Å². The third kappa shape index (κ3) is 4.51. The number of anilines is 1. The molecule has 5 rings (SSSR count). The van der Waals surface area contributed by atoms with Crippen molar-refractivity contribution in [2.24, 2.45) is 11.8 Å². The molecule has 0 bridgehead atoms. The number of imidazole rings is 1. The van der Waals surface area contributed by atoms with E-state index in [4.69, 9.17) is 19.4 Å². The number of carbonyl (C=O) groups excluding carboxylic acids is 1. The Kier molecular flexibility index (Phi) is 6.50. The van der Waals surface area contributed by atoms with Gasteiger partial charge in [-0.05, 0) is 37.7 Å². The van der Waals surface area contributed by atoms with Crippen LogP contribution in [0.2, 0.25) is 0 Å². The molecule has 0 spiro atoms. The summed E-state index contributed by atoms with van der Waals surface area (Å²) in [6.07, 6.45) is 4.95. The predicted octanol–water partition coefficient (Wildman–Crippen LogP) is 4.25. The Morgan fingerprint density at radius 2 is 1.88 bits per heavy atom. The lowest BCUT2D eigenvalue weighted by molar-refractivity contribution is 0.0587. The standard InChI is InChI=1S/C26H33N5O3/c1-17-7-9-19(10-8-17)16-31-22-21(20-6-4-5-18(2)15-20)27-24(25(32)33-3)28-23(22)29-26(31)30-11-13-34-14-12-30/h4-6,15,17,19H,7-14,16H2,1-3H3. The van der Waals surface area contributed by atoms with Crippen LogP contribution < -0.4 is 4.90 Å². The fraction of sp³-hybridized carbons (Fsp3) is 0.538. The lowest BCUT2D eigenvalue weighted by Gasteiger charge is -2.31. The highest BCUT2D eigenvalue weighted by atomic mass is 16.5. The molecular weight excluding hydrogens is 430 g/mol. The normalized spacial score (nSPS) is 21.1. The largest absolute Gasteiger partial charge is 0.463 e. The fourth-order valence-electron chi connectivity index (χ4n) is 5.15. The second-order valence-corrected chi connectivity index (χ2v) is 9.68. The summed E-state index contributed by atoms with van der Waals surface area (Å²) in [5, 5.41) is 0. The van der Waals surface area contributed by atoms with Gasteiger partial charge in [0.25, 0.3) is 0 Å². The molecule has 0 amide bonds. The summed E-state index contributed by atoms with van der Waals surface area (Å²) < 4.78 is 12.9. The molecule has 2 aliphatic rings. The van der Waals surface area contributed by atoms with E-state index in [1.165, 1.54) is 32.8 Å². The predicted molar refractivity (Wildman–Crippen MR) is 131 cm³/mol. The molecule has 2 fully saturated rings. The molecule has 0 atom stereocenters. The van der Waals surface area contributed by atoms with Crippen molar-refractivity contribution < 1.29 is 14.3 Å². The van der Waals surface area contributed by atoms with Gasteiger partial charge in [-0.3, -0.25) is 0 Å². The van der Waals surface area contributed by atoms with Gasteiger partial charge in [0, 0.05) is 25.2 Å². The lowest BCUT2D eigenvalue weighted by Crippen LogP contribution is -2.38. The van der Waals surface area contributed by atoms with Crippen molar-refractivity contribution in [3.8, 4) is 11.3 Å². The molecule has 1 aliphatic carbocycles. The van der Waals surface area contributed by atoms with Crippen molar-refractivity contribution in [1.82, 2.24) is 19.5 Å². The number of ether oxygens (including phenoxy) is 2. The number of methoxy groups -OCH3 is 1. The molecule has 0 N–H and O–H groups in total. The topological polar surface area (TPSA) is 82.4 Å². The first-order chi connectivity index (χ1) is 16.5. The third-order valence-electron chi connectivity index (χ3n) is 7.11. The number of aromatic nitrogens is 4. The molecule has 1 aromatic carbocycles.